The van der Waals surface area contributed by atoms with E-state index in [1.165, 1.54) is 5.56 Å². The lowest BCUT2D eigenvalue weighted by Gasteiger charge is -2.26. The van der Waals surface area contributed by atoms with Crippen molar-refractivity contribution in [2.45, 2.75) is 6.54 Å². The molecule has 0 spiro atoms. The highest BCUT2D eigenvalue weighted by Gasteiger charge is 2.12. The number of aromatic nitrogens is 3. The highest BCUT2D eigenvalue weighted by Crippen LogP contribution is 2.29. The molecule has 1 aliphatic heterocycles. The monoisotopic (exact) mass is 437 g/mol. The first-order valence-corrected chi connectivity index (χ1v) is 11.2. The number of rotatable bonds is 6. The number of hydrogen-bond acceptors (Lipinski definition) is 6. The molecular formula is C27H27N5O. The molecule has 0 aliphatic carbocycles. The van der Waals surface area contributed by atoms with Crippen molar-refractivity contribution in [3.8, 4) is 33.6 Å². The summed E-state index contributed by atoms with van der Waals surface area (Å²) in [6, 6.07) is 20.9. The Labute approximate surface area is 194 Å². The number of hydrogen-bond donors (Lipinski definition) is 1. The summed E-state index contributed by atoms with van der Waals surface area (Å²) in [6.07, 6.45) is 5.60. The van der Waals surface area contributed by atoms with Crippen LogP contribution in [0.5, 0.6) is 0 Å². The van der Waals surface area contributed by atoms with Crippen LogP contribution in [0.2, 0.25) is 0 Å². The second-order valence-corrected chi connectivity index (χ2v) is 8.14. The first-order valence-electron chi connectivity index (χ1n) is 11.2. The van der Waals surface area contributed by atoms with Gasteiger partial charge in [-0.05, 0) is 47.0 Å². The minimum atomic E-state index is 0.797. The van der Waals surface area contributed by atoms with Crippen molar-refractivity contribution in [3.05, 3.63) is 84.8 Å². The van der Waals surface area contributed by atoms with E-state index in [0.29, 0.717) is 0 Å². The average molecular weight is 438 g/mol. The fourth-order valence-corrected chi connectivity index (χ4v) is 4.05. The van der Waals surface area contributed by atoms with E-state index < -0.39 is 0 Å². The minimum Gasteiger partial charge on any atom is -0.379 e. The number of nitrogens with zero attached hydrogens (tertiary/aromatic N) is 4. The fourth-order valence-electron chi connectivity index (χ4n) is 4.05. The van der Waals surface area contributed by atoms with E-state index in [-0.39, 0.29) is 0 Å². The Balaban J connectivity index is 1.41. The van der Waals surface area contributed by atoms with Gasteiger partial charge in [-0.3, -0.25) is 14.9 Å². The fraction of sp³-hybridized carbons (Fsp3) is 0.222. The topological polar surface area (TPSA) is 63.2 Å². The number of nitrogens with one attached hydrogen (secondary N) is 1. The van der Waals surface area contributed by atoms with Gasteiger partial charge in [0.15, 0.2) is 0 Å². The molecule has 3 aromatic heterocycles. The Hall–Kier alpha value is -3.61. The normalized spacial score (nSPS) is 14.2. The van der Waals surface area contributed by atoms with Gasteiger partial charge in [0, 0.05) is 56.4 Å². The van der Waals surface area contributed by atoms with Crippen LogP contribution in [-0.2, 0) is 11.3 Å². The number of anilines is 1. The van der Waals surface area contributed by atoms with E-state index in [1.807, 2.05) is 43.7 Å². The van der Waals surface area contributed by atoms with Crippen LogP contribution in [0.4, 0.5) is 5.82 Å². The van der Waals surface area contributed by atoms with E-state index in [9.17, 15) is 0 Å². The number of benzene rings is 1. The van der Waals surface area contributed by atoms with Gasteiger partial charge in [0.1, 0.15) is 5.82 Å². The maximum absolute atomic E-state index is 5.45. The molecular weight excluding hydrogens is 410 g/mol. The maximum Gasteiger partial charge on any atom is 0.127 e. The van der Waals surface area contributed by atoms with E-state index in [0.717, 1.165) is 72.3 Å². The smallest absolute Gasteiger partial charge is 0.127 e. The summed E-state index contributed by atoms with van der Waals surface area (Å²) in [5.41, 5.74) is 7.33. The standard InChI is InChI=1S/C27H27N5O/c1-28-27-16-22(15-26(31-27)25-4-2-3-9-30-25)24-14-23(17-29-18-24)21-7-5-20(6-8-21)19-32-10-12-33-13-11-32/h2-9,14-18H,10-13,19H2,1H3,(H,28,31). The zero-order valence-corrected chi connectivity index (χ0v) is 18.7. The molecule has 0 atom stereocenters. The molecule has 1 fully saturated rings. The lowest BCUT2D eigenvalue weighted by atomic mass is 10.0. The van der Waals surface area contributed by atoms with Crippen molar-refractivity contribution in [3.63, 3.8) is 0 Å². The third kappa shape index (κ3) is 5.08. The highest BCUT2D eigenvalue weighted by atomic mass is 16.5. The van der Waals surface area contributed by atoms with E-state index >= 15 is 0 Å². The lowest BCUT2D eigenvalue weighted by molar-refractivity contribution is 0.0342. The molecule has 6 heteroatoms. The van der Waals surface area contributed by atoms with Crippen molar-refractivity contribution < 1.29 is 4.74 Å². The van der Waals surface area contributed by atoms with Gasteiger partial charge in [-0.25, -0.2) is 4.98 Å². The zero-order chi connectivity index (χ0) is 22.5. The summed E-state index contributed by atoms with van der Waals surface area (Å²) < 4.78 is 5.45. The molecule has 0 amide bonds. The highest BCUT2D eigenvalue weighted by molar-refractivity contribution is 5.76. The maximum atomic E-state index is 5.45. The van der Waals surface area contributed by atoms with Crippen LogP contribution >= 0.6 is 0 Å². The van der Waals surface area contributed by atoms with Crippen LogP contribution in [0.15, 0.2) is 79.3 Å². The van der Waals surface area contributed by atoms with Gasteiger partial charge >= 0.3 is 0 Å². The molecule has 1 aromatic carbocycles. The quantitative estimate of drug-likeness (QED) is 0.470. The van der Waals surface area contributed by atoms with Gasteiger partial charge in [0.05, 0.1) is 24.6 Å². The number of pyridine rings is 3. The molecule has 1 saturated heterocycles. The van der Waals surface area contributed by atoms with Crippen LogP contribution in [0.25, 0.3) is 33.6 Å². The second-order valence-electron chi connectivity index (χ2n) is 8.14. The van der Waals surface area contributed by atoms with Crippen LogP contribution in [0, 0.1) is 0 Å². The molecule has 0 unspecified atom stereocenters. The van der Waals surface area contributed by atoms with Crippen molar-refractivity contribution in [1.29, 1.82) is 0 Å². The summed E-state index contributed by atoms with van der Waals surface area (Å²) in [6.45, 7) is 4.59. The third-order valence-electron chi connectivity index (χ3n) is 5.88. The molecule has 1 aliphatic rings. The molecule has 5 rings (SSSR count). The van der Waals surface area contributed by atoms with E-state index in [4.69, 9.17) is 4.74 Å². The second kappa shape index (κ2) is 9.90. The minimum absolute atomic E-state index is 0.797. The zero-order valence-electron chi connectivity index (χ0n) is 18.7. The molecule has 1 N–H and O–H groups in total. The Morgan fingerprint density at radius 2 is 1.64 bits per heavy atom. The van der Waals surface area contributed by atoms with Crippen LogP contribution in [0.3, 0.4) is 0 Å². The molecule has 4 heterocycles. The molecule has 0 bridgehead atoms. The summed E-state index contributed by atoms with van der Waals surface area (Å²) in [7, 11) is 1.88. The van der Waals surface area contributed by atoms with Gasteiger partial charge in [-0.2, -0.15) is 0 Å². The Kier molecular flexibility index (Phi) is 6.37. The van der Waals surface area contributed by atoms with E-state index in [1.54, 1.807) is 6.20 Å². The van der Waals surface area contributed by atoms with Crippen LogP contribution < -0.4 is 5.32 Å². The summed E-state index contributed by atoms with van der Waals surface area (Å²) in [5, 5.41) is 3.16. The number of morpholine rings is 1. The van der Waals surface area contributed by atoms with Gasteiger partial charge in [0.2, 0.25) is 0 Å². The largest absolute Gasteiger partial charge is 0.379 e. The van der Waals surface area contributed by atoms with Crippen molar-refractivity contribution in [1.82, 2.24) is 19.9 Å². The van der Waals surface area contributed by atoms with Gasteiger partial charge in [0.25, 0.3) is 0 Å². The van der Waals surface area contributed by atoms with Gasteiger partial charge < -0.3 is 10.1 Å². The Bertz CT molecular complexity index is 1200. The predicted molar refractivity (Wildman–Crippen MR) is 132 cm³/mol. The average Bonchev–Trinajstić information content (AvgIpc) is 2.90. The molecule has 0 saturated carbocycles. The molecule has 4 aromatic rings. The molecule has 33 heavy (non-hydrogen) atoms. The van der Waals surface area contributed by atoms with Crippen molar-refractivity contribution >= 4 is 5.82 Å². The molecule has 0 radical (unpaired) electrons. The SMILES string of the molecule is CNc1cc(-c2cncc(-c3ccc(CN4CCOCC4)cc3)c2)cc(-c2ccccn2)n1. The van der Waals surface area contributed by atoms with Crippen LogP contribution in [-0.4, -0.2) is 53.2 Å². The van der Waals surface area contributed by atoms with Gasteiger partial charge in [-0.15, -0.1) is 0 Å². The summed E-state index contributed by atoms with van der Waals surface area (Å²) in [4.78, 5) is 16.1. The van der Waals surface area contributed by atoms with Crippen molar-refractivity contribution in [2.75, 3.05) is 38.7 Å². The van der Waals surface area contributed by atoms with E-state index in [2.05, 4.69) is 61.6 Å². The van der Waals surface area contributed by atoms with Gasteiger partial charge in [-0.1, -0.05) is 30.3 Å². The predicted octanol–water partition coefficient (Wildman–Crippen LogP) is 4.75. The molecule has 166 valence electrons. The summed E-state index contributed by atoms with van der Waals surface area (Å²) in [5.74, 6) is 0.797. The lowest BCUT2D eigenvalue weighted by Crippen LogP contribution is -2.35. The third-order valence-corrected chi connectivity index (χ3v) is 5.88. The number of ether oxygens (including phenoxy) is 1. The Morgan fingerprint density at radius 3 is 2.36 bits per heavy atom. The van der Waals surface area contributed by atoms with Crippen molar-refractivity contribution in [2.24, 2.45) is 0 Å². The molecule has 6 nitrogen and oxygen atoms in total. The van der Waals surface area contributed by atoms with Crippen LogP contribution in [0.1, 0.15) is 5.56 Å². The Morgan fingerprint density at radius 1 is 0.848 bits per heavy atom. The first kappa shape index (κ1) is 21.2. The summed E-state index contributed by atoms with van der Waals surface area (Å²) >= 11 is 0. The first-order chi connectivity index (χ1) is 16.3.